The molecule has 1 aliphatic rings. The predicted octanol–water partition coefficient (Wildman–Crippen LogP) is 4.77. The van der Waals surface area contributed by atoms with Crippen molar-refractivity contribution in [3.8, 4) is 11.1 Å². The Labute approximate surface area is 164 Å². The zero-order valence-corrected chi connectivity index (χ0v) is 16.4. The number of benzene rings is 2. The van der Waals surface area contributed by atoms with Crippen LogP contribution in [0.3, 0.4) is 0 Å². The number of carbonyl (C=O) groups excluding carboxylic acids is 1. The molecule has 3 nitrogen and oxygen atoms in total. The molecule has 26 heavy (non-hydrogen) atoms. The van der Waals surface area contributed by atoms with Crippen molar-refractivity contribution in [2.75, 3.05) is 13.1 Å². The third-order valence-electron chi connectivity index (χ3n) is 4.98. The molecule has 1 amide bonds. The van der Waals surface area contributed by atoms with E-state index in [4.69, 9.17) is 17.3 Å². The van der Waals surface area contributed by atoms with Gasteiger partial charge in [0.2, 0.25) is 0 Å². The highest BCUT2D eigenvalue weighted by Gasteiger charge is 2.36. The normalized spacial score (nSPS) is 19.0. The van der Waals surface area contributed by atoms with E-state index >= 15 is 0 Å². The SMILES string of the molecule is CC1(C)CN(C(=O)c2ccc(-c3ccc(Cl)cc3)cc2F)CCC1N.Cl. The molecule has 0 aliphatic carbocycles. The van der Waals surface area contributed by atoms with E-state index in [2.05, 4.69) is 0 Å². The molecule has 0 radical (unpaired) electrons. The maximum atomic E-state index is 14.6. The van der Waals surface area contributed by atoms with Crippen molar-refractivity contribution < 1.29 is 9.18 Å². The summed E-state index contributed by atoms with van der Waals surface area (Å²) in [5.41, 5.74) is 7.61. The van der Waals surface area contributed by atoms with Crippen LogP contribution in [-0.2, 0) is 0 Å². The first-order valence-corrected chi connectivity index (χ1v) is 8.76. The van der Waals surface area contributed by atoms with E-state index in [-0.39, 0.29) is 35.3 Å². The summed E-state index contributed by atoms with van der Waals surface area (Å²) in [5.74, 6) is -0.787. The van der Waals surface area contributed by atoms with Crippen LogP contribution >= 0.6 is 24.0 Å². The molecular formula is C20H23Cl2FN2O. The lowest BCUT2D eigenvalue weighted by molar-refractivity contribution is 0.0528. The van der Waals surface area contributed by atoms with Gasteiger partial charge in [-0.2, -0.15) is 0 Å². The number of amides is 1. The van der Waals surface area contributed by atoms with Crippen LogP contribution in [0.25, 0.3) is 11.1 Å². The minimum absolute atomic E-state index is 0. The van der Waals surface area contributed by atoms with Gasteiger partial charge in [-0.05, 0) is 47.2 Å². The number of likely N-dealkylation sites (tertiary alicyclic amines) is 1. The molecule has 6 heteroatoms. The van der Waals surface area contributed by atoms with Crippen LogP contribution in [0, 0.1) is 11.2 Å². The van der Waals surface area contributed by atoms with Crippen molar-refractivity contribution in [3.63, 3.8) is 0 Å². The molecule has 1 fully saturated rings. The first-order chi connectivity index (χ1) is 11.8. The summed E-state index contributed by atoms with van der Waals surface area (Å²) in [6.45, 7) is 5.17. The molecule has 2 N–H and O–H groups in total. The third kappa shape index (κ3) is 4.20. The van der Waals surface area contributed by atoms with Crippen molar-refractivity contribution in [1.29, 1.82) is 0 Å². The summed E-state index contributed by atoms with van der Waals surface area (Å²) < 4.78 is 14.6. The molecule has 2 aromatic rings. The van der Waals surface area contributed by atoms with Gasteiger partial charge in [-0.3, -0.25) is 4.79 Å². The topological polar surface area (TPSA) is 46.3 Å². The Morgan fingerprint density at radius 3 is 2.38 bits per heavy atom. The lowest BCUT2D eigenvalue weighted by Gasteiger charge is -2.42. The van der Waals surface area contributed by atoms with Crippen molar-refractivity contribution in [3.05, 3.63) is 58.9 Å². The van der Waals surface area contributed by atoms with Crippen LogP contribution < -0.4 is 5.73 Å². The third-order valence-corrected chi connectivity index (χ3v) is 5.23. The molecule has 0 spiro atoms. The second kappa shape index (κ2) is 7.95. The molecular weight excluding hydrogens is 374 g/mol. The van der Waals surface area contributed by atoms with Gasteiger partial charge in [-0.15, -0.1) is 12.4 Å². The summed E-state index contributed by atoms with van der Waals surface area (Å²) >= 11 is 5.88. The molecule has 1 atom stereocenters. The van der Waals surface area contributed by atoms with Gasteiger partial charge in [-0.25, -0.2) is 4.39 Å². The molecule has 2 aromatic carbocycles. The molecule has 1 heterocycles. The fourth-order valence-electron chi connectivity index (χ4n) is 3.23. The lowest BCUT2D eigenvalue weighted by Crippen LogP contribution is -2.54. The van der Waals surface area contributed by atoms with Crippen LogP contribution in [0.2, 0.25) is 5.02 Å². The van der Waals surface area contributed by atoms with Gasteiger partial charge in [0.25, 0.3) is 5.91 Å². The Balaban J connectivity index is 0.00000243. The van der Waals surface area contributed by atoms with Crippen LogP contribution in [0.1, 0.15) is 30.6 Å². The molecule has 140 valence electrons. The minimum atomic E-state index is -0.509. The maximum absolute atomic E-state index is 14.6. The Hall–Kier alpha value is -1.62. The average molecular weight is 397 g/mol. The zero-order chi connectivity index (χ0) is 18.2. The van der Waals surface area contributed by atoms with Gasteiger partial charge in [-0.1, -0.05) is 43.6 Å². The van der Waals surface area contributed by atoms with Gasteiger partial charge in [0.1, 0.15) is 5.82 Å². The van der Waals surface area contributed by atoms with Crippen LogP contribution in [0.5, 0.6) is 0 Å². The smallest absolute Gasteiger partial charge is 0.256 e. The van der Waals surface area contributed by atoms with Crippen LogP contribution in [0.15, 0.2) is 42.5 Å². The highest BCUT2D eigenvalue weighted by atomic mass is 35.5. The van der Waals surface area contributed by atoms with Crippen molar-refractivity contribution >= 4 is 29.9 Å². The Bertz CT molecular complexity index is 793. The number of nitrogens with two attached hydrogens (primary N) is 1. The minimum Gasteiger partial charge on any atom is -0.338 e. The van der Waals surface area contributed by atoms with Crippen molar-refractivity contribution in [2.24, 2.45) is 11.1 Å². The number of piperidine rings is 1. The van der Waals surface area contributed by atoms with Gasteiger partial charge >= 0.3 is 0 Å². The van der Waals surface area contributed by atoms with E-state index in [1.807, 2.05) is 26.0 Å². The van der Waals surface area contributed by atoms with E-state index < -0.39 is 5.82 Å². The first-order valence-electron chi connectivity index (χ1n) is 8.38. The number of nitrogens with zero attached hydrogens (tertiary/aromatic N) is 1. The van der Waals surface area contributed by atoms with E-state index in [9.17, 15) is 9.18 Å². The summed E-state index contributed by atoms with van der Waals surface area (Å²) in [7, 11) is 0. The van der Waals surface area contributed by atoms with Crippen LogP contribution in [0.4, 0.5) is 4.39 Å². The summed E-state index contributed by atoms with van der Waals surface area (Å²) in [6.07, 6.45) is 0.725. The zero-order valence-electron chi connectivity index (χ0n) is 14.8. The van der Waals surface area contributed by atoms with Gasteiger partial charge < -0.3 is 10.6 Å². The van der Waals surface area contributed by atoms with Crippen molar-refractivity contribution in [2.45, 2.75) is 26.3 Å². The number of halogens is 3. The molecule has 0 aromatic heterocycles. The Morgan fingerprint density at radius 2 is 1.81 bits per heavy atom. The summed E-state index contributed by atoms with van der Waals surface area (Å²) in [6, 6.07) is 11.9. The standard InChI is InChI=1S/C20H22ClFN2O.ClH/c1-20(2)12-24(10-9-18(20)23)19(25)16-8-5-14(11-17(16)22)13-3-6-15(21)7-4-13;/h3-8,11,18H,9-10,12,23H2,1-2H3;1H. The average Bonchev–Trinajstić information content (AvgIpc) is 2.57. The number of carbonyl (C=O) groups is 1. The lowest BCUT2D eigenvalue weighted by atomic mass is 9.79. The fourth-order valence-corrected chi connectivity index (χ4v) is 3.35. The van der Waals surface area contributed by atoms with E-state index in [1.54, 1.807) is 29.2 Å². The predicted molar refractivity (Wildman–Crippen MR) is 106 cm³/mol. The van der Waals surface area contributed by atoms with E-state index in [1.165, 1.54) is 6.07 Å². The number of rotatable bonds is 2. The second-order valence-corrected chi connectivity index (χ2v) is 7.75. The number of hydrogen-bond acceptors (Lipinski definition) is 2. The molecule has 1 aliphatic heterocycles. The Morgan fingerprint density at radius 1 is 1.19 bits per heavy atom. The monoisotopic (exact) mass is 396 g/mol. The summed E-state index contributed by atoms with van der Waals surface area (Å²) in [4.78, 5) is 14.4. The molecule has 1 unspecified atom stereocenters. The molecule has 3 rings (SSSR count). The molecule has 0 saturated carbocycles. The van der Waals surface area contributed by atoms with Crippen LogP contribution in [-0.4, -0.2) is 29.9 Å². The fraction of sp³-hybridized carbons (Fsp3) is 0.350. The van der Waals surface area contributed by atoms with Crippen molar-refractivity contribution in [1.82, 2.24) is 4.90 Å². The first kappa shape index (κ1) is 20.7. The maximum Gasteiger partial charge on any atom is 0.256 e. The highest BCUT2D eigenvalue weighted by Crippen LogP contribution is 2.30. The molecule has 0 bridgehead atoms. The van der Waals surface area contributed by atoms with E-state index in [0.29, 0.717) is 23.7 Å². The second-order valence-electron chi connectivity index (χ2n) is 7.31. The quantitative estimate of drug-likeness (QED) is 0.794. The Kier molecular flexibility index (Phi) is 6.33. The largest absolute Gasteiger partial charge is 0.338 e. The van der Waals surface area contributed by atoms with E-state index in [0.717, 1.165) is 12.0 Å². The van der Waals surface area contributed by atoms with Gasteiger partial charge in [0.05, 0.1) is 5.56 Å². The molecule has 1 saturated heterocycles. The van der Waals surface area contributed by atoms with Gasteiger partial charge in [0.15, 0.2) is 0 Å². The summed E-state index contributed by atoms with van der Waals surface area (Å²) in [5, 5.41) is 0.627. The number of hydrogen-bond donors (Lipinski definition) is 1. The highest BCUT2D eigenvalue weighted by molar-refractivity contribution is 6.30. The van der Waals surface area contributed by atoms with Gasteiger partial charge in [0, 0.05) is 24.2 Å².